The average Bonchev–Trinajstić information content (AvgIpc) is 2.08. The highest BCUT2D eigenvalue weighted by Gasteiger charge is 2.38. The van der Waals surface area contributed by atoms with E-state index in [2.05, 4.69) is 0 Å². The maximum atomic E-state index is 10.1. The molecular formula is C8H16NO3P. The largest absolute Gasteiger partial charge is 0.373 e. The van der Waals surface area contributed by atoms with E-state index < -0.39 is 0 Å². The van der Waals surface area contributed by atoms with E-state index in [9.17, 15) is 4.57 Å². The van der Waals surface area contributed by atoms with Crippen LogP contribution in [0.15, 0.2) is 0 Å². The zero-order valence-electron chi connectivity index (χ0n) is 7.70. The molecule has 0 aromatic rings. The first-order chi connectivity index (χ1) is 6.33. The van der Waals surface area contributed by atoms with E-state index in [4.69, 9.17) is 15.0 Å². The summed E-state index contributed by atoms with van der Waals surface area (Å²) in [7, 11) is -0.259. The van der Waals surface area contributed by atoms with Crippen LogP contribution < -0.4 is 5.73 Å². The van der Waals surface area contributed by atoms with Crippen molar-refractivity contribution in [2.75, 3.05) is 19.8 Å². The van der Waals surface area contributed by atoms with Crippen LogP contribution in [0.4, 0.5) is 0 Å². The molecule has 1 aliphatic carbocycles. The molecule has 0 spiro atoms. The van der Waals surface area contributed by atoms with Gasteiger partial charge in [-0.05, 0) is 32.2 Å². The molecule has 0 aliphatic heterocycles. The minimum atomic E-state index is -0.259. The zero-order chi connectivity index (χ0) is 9.57. The second kappa shape index (κ2) is 5.66. The average molecular weight is 205 g/mol. The van der Waals surface area contributed by atoms with E-state index >= 15 is 0 Å². The zero-order valence-corrected chi connectivity index (χ0v) is 8.59. The topological polar surface area (TPSA) is 61.6 Å². The Kier molecular flexibility index (Phi) is 4.81. The number of nitrogens with two attached hydrogens (primary N) is 1. The van der Waals surface area contributed by atoms with Crippen LogP contribution >= 0.6 is 8.69 Å². The fourth-order valence-electron chi connectivity index (χ4n) is 1.42. The molecule has 0 aromatic heterocycles. The Balaban J connectivity index is 2.19. The molecule has 5 heteroatoms. The molecular weight excluding hydrogens is 189 g/mol. The summed E-state index contributed by atoms with van der Waals surface area (Å²) in [5.74, 6) is 0. The summed E-state index contributed by atoms with van der Waals surface area (Å²) in [6.07, 6.45) is 4.05. The van der Waals surface area contributed by atoms with Crippen molar-refractivity contribution in [2.24, 2.45) is 5.73 Å². The summed E-state index contributed by atoms with van der Waals surface area (Å²) < 4.78 is 20.6. The first-order valence-electron chi connectivity index (χ1n) is 4.62. The molecule has 0 atom stereocenters. The Morgan fingerprint density at radius 3 is 2.69 bits per heavy atom. The van der Waals surface area contributed by atoms with Crippen LogP contribution in [0.5, 0.6) is 0 Å². The van der Waals surface area contributed by atoms with Crippen LogP contribution in [-0.4, -0.2) is 25.4 Å². The molecule has 0 radical (unpaired) electrons. The van der Waals surface area contributed by atoms with E-state index in [-0.39, 0.29) is 14.3 Å². The van der Waals surface area contributed by atoms with Gasteiger partial charge in [-0.1, -0.05) is 0 Å². The Morgan fingerprint density at radius 2 is 2.23 bits per heavy atom. The van der Waals surface area contributed by atoms with Gasteiger partial charge in [0.05, 0.1) is 12.2 Å². The van der Waals surface area contributed by atoms with Crippen molar-refractivity contribution < 1.29 is 13.8 Å². The smallest absolute Gasteiger partial charge is 0.327 e. The SMILES string of the molecule is NCCCOC1(COP=O)CCC1. The lowest BCUT2D eigenvalue weighted by molar-refractivity contribution is -0.121. The van der Waals surface area contributed by atoms with Gasteiger partial charge in [0.2, 0.25) is 0 Å². The lowest BCUT2D eigenvalue weighted by Crippen LogP contribution is -2.44. The maximum absolute atomic E-state index is 10.1. The van der Waals surface area contributed by atoms with Gasteiger partial charge in [0.25, 0.3) is 0 Å². The third kappa shape index (κ3) is 3.31. The van der Waals surface area contributed by atoms with Crippen LogP contribution in [0.3, 0.4) is 0 Å². The molecule has 0 heterocycles. The summed E-state index contributed by atoms with van der Waals surface area (Å²) in [5, 5.41) is 0. The number of ether oxygens (including phenoxy) is 1. The van der Waals surface area contributed by atoms with Crippen molar-refractivity contribution in [3.05, 3.63) is 0 Å². The standard InChI is InChI=1S/C8H16NO3P/c9-5-2-6-11-8(3-1-4-8)7-12-13-10/h1-7,9H2. The minimum absolute atomic E-state index is 0.160. The maximum Gasteiger partial charge on any atom is 0.327 e. The highest BCUT2D eigenvalue weighted by molar-refractivity contribution is 7.17. The molecule has 0 bridgehead atoms. The lowest BCUT2D eigenvalue weighted by Gasteiger charge is -2.40. The van der Waals surface area contributed by atoms with Crippen LogP contribution in [-0.2, 0) is 13.8 Å². The van der Waals surface area contributed by atoms with Crippen LogP contribution in [0.25, 0.3) is 0 Å². The summed E-state index contributed by atoms with van der Waals surface area (Å²) in [4.78, 5) is 0. The van der Waals surface area contributed by atoms with Crippen molar-refractivity contribution in [3.8, 4) is 0 Å². The van der Waals surface area contributed by atoms with Crippen molar-refractivity contribution >= 4 is 8.69 Å². The Bertz CT molecular complexity index is 161. The molecule has 1 rings (SSSR count). The molecule has 2 N–H and O–H groups in total. The monoisotopic (exact) mass is 205 g/mol. The van der Waals surface area contributed by atoms with Crippen molar-refractivity contribution in [3.63, 3.8) is 0 Å². The van der Waals surface area contributed by atoms with E-state index in [1.54, 1.807) is 0 Å². The second-order valence-electron chi connectivity index (χ2n) is 3.38. The summed E-state index contributed by atoms with van der Waals surface area (Å²) in [5.41, 5.74) is 5.19. The number of rotatable bonds is 7. The predicted molar refractivity (Wildman–Crippen MR) is 49.8 cm³/mol. The van der Waals surface area contributed by atoms with Crippen molar-refractivity contribution in [2.45, 2.75) is 31.3 Å². The van der Waals surface area contributed by atoms with Crippen molar-refractivity contribution in [1.82, 2.24) is 0 Å². The van der Waals surface area contributed by atoms with Gasteiger partial charge in [-0.15, -0.1) is 0 Å². The Morgan fingerprint density at radius 1 is 1.46 bits per heavy atom. The highest BCUT2D eigenvalue weighted by atomic mass is 31.1. The number of hydrogen-bond acceptors (Lipinski definition) is 4. The molecule has 1 aliphatic rings. The third-order valence-electron chi connectivity index (χ3n) is 2.40. The Hall–Kier alpha value is -0.0200. The molecule has 1 fully saturated rings. The quantitative estimate of drug-likeness (QED) is 0.505. The first-order valence-corrected chi connectivity index (χ1v) is 5.35. The summed E-state index contributed by atoms with van der Waals surface area (Å²) in [6.45, 7) is 1.76. The van der Waals surface area contributed by atoms with E-state index in [0.717, 1.165) is 19.3 Å². The van der Waals surface area contributed by atoms with Gasteiger partial charge in [-0.2, -0.15) is 0 Å². The normalized spacial score (nSPS) is 20.1. The molecule has 0 saturated heterocycles. The summed E-state index contributed by atoms with van der Waals surface area (Å²) >= 11 is 0. The molecule has 0 unspecified atom stereocenters. The third-order valence-corrected chi connectivity index (χ3v) is 2.64. The molecule has 13 heavy (non-hydrogen) atoms. The minimum Gasteiger partial charge on any atom is -0.373 e. The van der Waals surface area contributed by atoms with E-state index in [1.807, 2.05) is 0 Å². The number of hydrogen-bond donors (Lipinski definition) is 1. The predicted octanol–water partition coefficient (Wildman–Crippen LogP) is 1.50. The van der Waals surface area contributed by atoms with E-state index in [0.29, 0.717) is 19.8 Å². The van der Waals surface area contributed by atoms with Gasteiger partial charge in [0, 0.05) is 6.61 Å². The molecule has 1 saturated carbocycles. The second-order valence-corrected chi connectivity index (χ2v) is 3.78. The van der Waals surface area contributed by atoms with Gasteiger partial charge >= 0.3 is 8.69 Å². The van der Waals surface area contributed by atoms with Gasteiger partial charge in [0.15, 0.2) is 0 Å². The molecule has 0 amide bonds. The summed E-state index contributed by atoms with van der Waals surface area (Å²) in [6, 6.07) is 0. The van der Waals surface area contributed by atoms with Gasteiger partial charge in [0.1, 0.15) is 0 Å². The fraction of sp³-hybridized carbons (Fsp3) is 1.00. The lowest BCUT2D eigenvalue weighted by atomic mass is 9.81. The van der Waals surface area contributed by atoms with Crippen LogP contribution in [0, 0.1) is 0 Å². The first kappa shape index (κ1) is 11.1. The molecule has 76 valence electrons. The highest BCUT2D eigenvalue weighted by Crippen LogP contribution is 2.36. The van der Waals surface area contributed by atoms with Gasteiger partial charge in [-0.3, -0.25) is 4.52 Å². The Labute approximate surface area is 80.1 Å². The fourth-order valence-corrected chi connectivity index (χ4v) is 1.71. The molecule has 4 nitrogen and oxygen atoms in total. The van der Waals surface area contributed by atoms with Gasteiger partial charge < -0.3 is 10.5 Å². The molecule has 0 aromatic carbocycles. The van der Waals surface area contributed by atoms with Crippen LogP contribution in [0.2, 0.25) is 0 Å². The van der Waals surface area contributed by atoms with E-state index in [1.165, 1.54) is 6.42 Å². The van der Waals surface area contributed by atoms with Crippen molar-refractivity contribution in [1.29, 1.82) is 0 Å². The van der Waals surface area contributed by atoms with Gasteiger partial charge in [-0.25, -0.2) is 4.57 Å². The van der Waals surface area contributed by atoms with Crippen LogP contribution in [0.1, 0.15) is 25.7 Å².